The number of anilines is 1. The summed E-state index contributed by atoms with van der Waals surface area (Å²) in [5.41, 5.74) is 0.938. The quantitative estimate of drug-likeness (QED) is 0.664. The highest BCUT2D eigenvalue weighted by Gasteiger charge is 2.28. The molecule has 1 aromatic carbocycles. The largest absolute Gasteiger partial charge is 0.494 e. The van der Waals surface area contributed by atoms with Crippen LogP contribution in [0.4, 0.5) is 5.13 Å². The van der Waals surface area contributed by atoms with Gasteiger partial charge in [0.2, 0.25) is 5.91 Å². The molecule has 0 atom stereocenters. The van der Waals surface area contributed by atoms with Crippen molar-refractivity contribution in [3.63, 3.8) is 0 Å². The predicted molar refractivity (Wildman–Crippen MR) is 113 cm³/mol. The Morgan fingerprint density at radius 2 is 2.00 bits per heavy atom. The summed E-state index contributed by atoms with van der Waals surface area (Å²) in [5, 5.41) is 0.827. The second kappa shape index (κ2) is 9.51. The van der Waals surface area contributed by atoms with Gasteiger partial charge >= 0.3 is 0 Å². The standard InChI is InChI=1S/C21H31N3O2S/c1-4-26-17-11-12-18-19(15-17)27-21(22-18)24(14-8-13-23(2)3)20(25)16-9-6-5-7-10-16/h11-12,15-16H,4-10,13-14H2,1-3H3. The number of hydrogen-bond acceptors (Lipinski definition) is 5. The third kappa shape index (κ3) is 5.20. The lowest BCUT2D eigenvalue weighted by atomic mass is 9.88. The Hall–Kier alpha value is -1.66. The van der Waals surface area contributed by atoms with Crippen molar-refractivity contribution in [2.24, 2.45) is 5.92 Å². The number of aromatic nitrogens is 1. The van der Waals surface area contributed by atoms with Crippen molar-refractivity contribution < 1.29 is 9.53 Å². The van der Waals surface area contributed by atoms with Crippen LogP contribution >= 0.6 is 11.3 Å². The van der Waals surface area contributed by atoms with E-state index in [2.05, 4.69) is 19.0 Å². The smallest absolute Gasteiger partial charge is 0.231 e. The van der Waals surface area contributed by atoms with Crippen LogP contribution in [0, 0.1) is 5.92 Å². The first-order valence-electron chi connectivity index (χ1n) is 10.1. The molecule has 5 nitrogen and oxygen atoms in total. The zero-order chi connectivity index (χ0) is 19.2. The molecule has 27 heavy (non-hydrogen) atoms. The lowest BCUT2D eigenvalue weighted by Gasteiger charge is -2.28. The third-order valence-electron chi connectivity index (χ3n) is 5.10. The minimum Gasteiger partial charge on any atom is -0.494 e. The van der Waals surface area contributed by atoms with Gasteiger partial charge in [-0.25, -0.2) is 4.98 Å². The zero-order valence-corrected chi connectivity index (χ0v) is 17.6. The first kappa shape index (κ1) is 20.1. The van der Waals surface area contributed by atoms with E-state index in [1.54, 1.807) is 11.3 Å². The Morgan fingerprint density at radius 3 is 2.70 bits per heavy atom. The lowest BCUT2D eigenvalue weighted by Crippen LogP contribution is -2.38. The molecule has 1 amide bonds. The molecule has 1 fully saturated rings. The number of benzene rings is 1. The van der Waals surface area contributed by atoms with Crippen LogP contribution in [0.25, 0.3) is 10.2 Å². The van der Waals surface area contributed by atoms with Gasteiger partial charge in [0.1, 0.15) is 5.75 Å². The second-order valence-corrected chi connectivity index (χ2v) is 8.55. The summed E-state index contributed by atoms with van der Waals surface area (Å²) in [6, 6.07) is 5.97. The van der Waals surface area contributed by atoms with Gasteiger partial charge in [-0.1, -0.05) is 30.6 Å². The number of nitrogens with zero attached hydrogens (tertiary/aromatic N) is 3. The van der Waals surface area contributed by atoms with E-state index in [9.17, 15) is 4.79 Å². The summed E-state index contributed by atoms with van der Waals surface area (Å²) in [5.74, 6) is 1.28. The van der Waals surface area contributed by atoms with Crippen LogP contribution in [0.1, 0.15) is 45.4 Å². The van der Waals surface area contributed by atoms with E-state index in [1.807, 2.05) is 30.0 Å². The molecule has 0 spiro atoms. The summed E-state index contributed by atoms with van der Waals surface area (Å²) in [6.07, 6.45) is 6.57. The summed E-state index contributed by atoms with van der Waals surface area (Å²) in [6.45, 7) is 4.32. The van der Waals surface area contributed by atoms with Crippen LogP contribution in [-0.2, 0) is 4.79 Å². The normalized spacial score (nSPS) is 15.4. The van der Waals surface area contributed by atoms with Crippen LogP contribution in [0.5, 0.6) is 5.75 Å². The van der Waals surface area contributed by atoms with Gasteiger partial charge in [-0.3, -0.25) is 9.69 Å². The molecule has 1 aliphatic rings. The Labute approximate surface area is 166 Å². The monoisotopic (exact) mass is 389 g/mol. The summed E-state index contributed by atoms with van der Waals surface area (Å²) in [4.78, 5) is 22.2. The number of hydrogen-bond donors (Lipinski definition) is 0. The van der Waals surface area contributed by atoms with Gasteiger partial charge in [-0.2, -0.15) is 0 Å². The van der Waals surface area contributed by atoms with Crippen molar-refractivity contribution in [1.82, 2.24) is 9.88 Å². The highest BCUT2D eigenvalue weighted by atomic mass is 32.1. The number of carbonyl (C=O) groups excluding carboxylic acids is 1. The average Bonchev–Trinajstić information content (AvgIpc) is 3.08. The van der Waals surface area contributed by atoms with Crippen molar-refractivity contribution >= 4 is 32.6 Å². The van der Waals surface area contributed by atoms with Gasteiger partial charge in [-0.05, 0) is 65.0 Å². The molecule has 6 heteroatoms. The molecule has 2 aromatic rings. The minimum atomic E-state index is 0.157. The van der Waals surface area contributed by atoms with E-state index < -0.39 is 0 Å². The van der Waals surface area contributed by atoms with Crippen molar-refractivity contribution in [2.45, 2.75) is 45.4 Å². The number of carbonyl (C=O) groups is 1. The molecule has 0 saturated heterocycles. The van der Waals surface area contributed by atoms with Gasteiger partial charge < -0.3 is 9.64 Å². The van der Waals surface area contributed by atoms with Crippen LogP contribution in [0.15, 0.2) is 18.2 Å². The molecule has 1 saturated carbocycles. The molecule has 1 aliphatic carbocycles. The molecule has 148 valence electrons. The van der Waals surface area contributed by atoms with E-state index in [4.69, 9.17) is 9.72 Å². The molecular formula is C21H31N3O2S. The summed E-state index contributed by atoms with van der Waals surface area (Å²) in [7, 11) is 4.14. The minimum absolute atomic E-state index is 0.157. The van der Waals surface area contributed by atoms with E-state index >= 15 is 0 Å². The molecule has 0 unspecified atom stereocenters. The van der Waals surface area contributed by atoms with Crippen molar-refractivity contribution in [3.8, 4) is 5.75 Å². The fourth-order valence-electron chi connectivity index (χ4n) is 3.68. The third-order valence-corrected chi connectivity index (χ3v) is 6.14. The Kier molecular flexibility index (Phi) is 7.07. The second-order valence-electron chi connectivity index (χ2n) is 7.54. The fourth-order valence-corrected chi connectivity index (χ4v) is 4.71. The Bertz CT molecular complexity index is 753. The average molecular weight is 390 g/mol. The van der Waals surface area contributed by atoms with Crippen LogP contribution in [-0.4, -0.2) is 49.6 Å². The molecule has 0 N–H and O–H groups in total. The lowest BCUT2D eigenvalue weighted by molar-refractivity contribution is -0.123. The first-order valence-corrected chi connectivity index (χ1v) is 10.9. The molecule has 1 heterocycles. The van der Waals surface area contributed by atoms with Crippen molar-refractivity contribution in [2.75, 3.05) is 38.7 Å². The molecule has 0 radical (unpaired) electrons. The van der Waals surface area contributed by atoms with E-state index in [0.717, 1.165) is 53.4 Å². The van der Waals surface area contributed by atoms with Crippen LogP contribution < -0.4 is 9.64 Å². The number of ether oxygens (including phenoxy) is 1. The maximum atomic E-state index is 13.3. The van der Waals surface area contributed by atoms with Crippen LogP contribution in [0.3, 0.4) is 0 Å². The van der Waals surface area contributed by atoms with Gasteiger partial charge in [0.05, 0.1) is 16.8 Å². The number of rotatable bonds is 8. The van der Waals surface area contributed by atoms with E-state index in [-0.39, 0.29) is 11.8 Å². The molecule has 3 rings (SSSR count). The van der Waals surface area contributed by atoms with Gasteiger partial charge in [0, 0.05) is 12.5 Å². The number of thiazole rings is 1. The van der Waals surface area contributed by atoms with E-state index in [0.29, 0.717) is 6.61 Å². The summed E-state index contributed by atoms with van der Waals surface area (Å²) < 4.78 is 6.68. The van der Waals surface area contributed by atoms with Gasteiger partial charge in [0.25, 0.3) is 0 Å². The molecule has 0 aliphatic heterocycles. The molecule has 1 aromatic heterocycles. The zero-order valence-electron chi connectivity index (χ0n) is 16.7. The Morgan fingerprint density at radius 1 is 1.22 bits per heavy atom. The van der Waals surface area contributed by atoms with Crippen LogP contribution in [0.2, 0.25) is 0 Å². The van der Waals surface area contributed by atoms with Gasteiger partial charge in [-0.15, -0.1) is 0 Å². The number of amides is 1. The molecule has 0 bridgehead atoms. The number of fused-ring (bicyclic) bond motifs is 1. The molecular weight excluding hydrogens is 358 g/mol. The highest BCUT2D eigenvalue weighted by molar-refractivity contribution is 7.22. The van der Waals surface area contributed by atoms with Crippen molar-refractivity contribution in [1.29, 1.82) is 0 Å². The predicted octanol–water partition coefficient (Wildman–Crippen LogP) is 4.56. The maximum absolute atomic E-state index is 13.3. The SMILES string of the molecule is CCOc1ccc2nc(N(CCCN(C)C)C(=O)C3CCCCC3)sc2c1. The first-order chi connectivity index (χ1) is 13.1. The fraction of sp³-hybridized carbons (Fsp3) is 0.619. The summed E-state index contributed by atoms with van der Waals surface area (Å²) >= 11 is 1.60. The van der Waals surface area contributed by atoms with E-state index in [1.165, 1.54) is 19.3 Å². The van der Waals surface area contributed by atoms with Gasteiger partial charge in [0.15, 0.2) is 5.13 Å². The topological polar surface area (TPSA) is 45.7 Å². The Balaban J connectivity index is 1.83. The maximum Gasteiger partial charge on any atom is 0.231 e. The van der Waals surface area contributed by atoms with Crippen molar-refractivity contribution in [3.05, 3.63) is 18.2 Å². The highest BCUT2D eigenvalue weighted by Crippen LogP contribution is 2.34.